The molecular weight excluding hydrogens is 206 g/mol. The number of hydrogen-bond donors (Lipinski definition) is 0. The lowest BCUT2D eigenvalue weighted by molar-refractivity contribution is 1.32. The third-order valence-corrected chi connectivity index (χ3v) is 2.41. The molecule has 0 aliphatic heterocycles. The smallest absolute Gasteiger partial charge is 0.0707 e. The Balaban J connectivity index is 2.44. The summed E-state index contributed by atoms with van der Waals surface area (Å²) in [7, 11) is 0. The van der Waals surface area contributed by atoms with Crippen LogP contribution < -0.4 is 0 Å². The third kappa shape index (κ3) is 2.25. The largest absolute Gasteiger partial charge is 0.256 e. The van der Waals surface area contributed by atoms with E-state index >= 15 is 0 Å². The van der Waals surface area contributed by atoms with Gasteiger partial charge in [-0.3, -0.25) is 4.98 Å². The molecule has 0 spiro atoms. The van der Waals surface area contributed by atoms with E-state index in [0.29, 0.717) is 0 Å². The van der Waals surface area contributed by atoms with Gasteiger partial charge in [-0.1, -0.05) is 36.4 Å². The van der Waals surface area contributed by atoms with Crippen molar-refractivity contribution in [3.05, 3.63) is 59.8 Å². The predicted molar refractivity (Wildman–Crippen MR) is 64.8 cm³/mol. The van der Waals surface area contributed by atoms with E-state index in [1.807, 2.05) is 36.4 Å². The van der Waals surface area contributed by atoms with Crippen LogP contribution in [0.2, 0.25) is 5.02 Å². The van der Waals surface area contributed by atoms with Crippen LogP contribution in [0.1, 0.15) is 5.56 Å². The van der Waals surface area contributed by atoms with Crippen molar-refractivity contribution in [2.45, 2.75) is 0 Å². The highest BCUT2D eigenvalue weighted by Crippen LogP contribution is 2.20. The summed E-state index contributed by atoms with van der Waals surface area (Å²) in [5.41, 5.74) is 3.06. The first-order chi connectivity index (χ1) is 7.29. The minimum absolute atomic E-state index is 0.735. The molecule has 0 saturated heterocycles. The first-order valence-corrected chi connectivity index (χ1v) is 5.02. The van der Waals surface area contributed by atoms with Gasteiger partial charge in [-0.15, -0.1) is 0 Å². The molecule has 2 aromatic rings. The lowest BCUT2D eigenvalue weighted by Crippen LogP contribution is -1.83. The van der Waals surface area contributed by atoms with E-state index in [2.05, 4.69) is 11.6 Å². The number of halogens is 1. The summed E-state index contributed by atoms with van der Waals surface area (Å²) >= 11 is 5.82. The van der Waals surface area contributed by atoms with Crippen LogP contribution in [-0.4, -0.2) is 4.98 Å². The van der Waals surface area contributed by atoms with Gasteiger partial charge in [0.05, 0.1) is 5.69 Å². The van der Waals surface area contributed by atoms with E-state index in [-0.39, 0.29) is 0 Å². The molecule has 1 aromatic carbocycles. The Morgan fingerprint density at radius 3 is 2.53 bits per heavy atom. The highest BCUT2D eigenvalue weighted by molar-refractivity contribution is 6.30. The molecule has 2 heteroatoms. The van der Waals surface area contributed by atoms with Crippen LogP contribution in [0.4, 0.5) is 0 Å². The molecule has 0 aliphatic rings. The number of benzene rings is 1. The van der Waals surface area contributed by atoms with Gasteiger partial charge in [-0.25, -0.2) is 0 Å². The number of hydrogen-bond acceptors (Lipinski definition) is 1. The van der Waals surface area contributed by atoms with E-state index in [0.717, 1.165) is 21.8 Å². The molecule has 0 bridgehead atoms. The number of nitrogens with zero attached hydrogens (tertiary/aromatic N) is 1. The Hall–Kier alpha value is -1.60. The molecule has 0 fully saturated rings. The van der Waals surface area contributed by atoms with Crippen LogP contribution in [0.3, 0.4) is 0 Å². The van der Waals surface area contributed by atoms with Crippen molar-refractivity contribution in [3.63, 3.8) is 0 Å². The van der Waals surface area contributed by atoms with Gasteiger partial charge >= 0.3 is 0 Å². The summed E-state index contributed by atoms with van der Waals surface area (Å²) in [5, 5.41) is 0.735. The summed E-state index contributed by atoms with van der Waals surface area (Å²) in [4.78, 5) is 4.30. The lowest BCUT2D eigenvalue weighted by atomic mass is 10.1. The minimum Gasteiger partial charge on any atom is -0.256 e. The maximum absolute atomic E-state index is 5.82. The fourth-order valence-electron chi connectivity index (χ4n) is 1.35. The van der Waals surface area contributed by atoms with E-state index in [4.69, 9.17) is 11.6 Å². The quantitative estimate of drug-likeness (QED) is 0.737. The SMILES string of the molecule is C=Cc1ccnc(-c2ccc(Cl)cc2)c1. The highest BCUT2D eigenvalue weighted by Gasteiger charge is 1.98. The zero-order valence-electron chi connectivity index (χ0n) is 8.15. The molecule has 1 heterocycles. The normalized spacial score (nSPS) is 9.93. The molecule has 0 radical (unpaired) electrons. The van der Waals surface area contributed by atoms with Gasteiger partial charge in [0.2, 0.25) is 0 Å². The van der Waals surface area contributed by atoms with Crippen molar-refractivity contribution in [2.75, 3.05) is 0 Å². The molecule has 0 atom stereocenters. The maximum Gasteiger partial charge on any atom is 0.0707 e. The highest BCUT2D eigenvalue weighted by atomic mass is 35.5. The molecule has 0 aliphatic carbocycles. The van der Waals surface area contributed by atoms with Crippen molar-refractivity contribution in [3.8, 4) is 11.3 Å². The molecule has 2 rings (SSSR count). The molecule has 0 amide bonds. The Labute approximate surface area is 94.1 Å². The summed E-state index contributed by atoms with van der Waals surface area (Å²) in [6.07, 6.45) is 3.59. The van der Waals surface area contributed by atoms with Crippen molar-refractivity contribution >= 4 is 17.7 Å². The fraction of sp³-hybridized carbons (Fsp3) is 0. The van der Waals surface area contributed by atoms with Crippen LogP contribution in [-0.2, 0) is 0 Å². The van der Waals surface area contributed by atoms with Gasteiger partial charge < -0.3 is 0 Å². The number of pyridine rings is 1. The molecule has 1 nitrogen and oxygen atoms in total. The van der Waals surface area contributed by atoms with Gasteiger partial charge in [0.15, 0.2) is 0 Å². The molecular formula is C13H10ClN. The Morgan fingerprint density at radius 1 is 1.13 bits per heavy atom. The monoisotopic (exact) mass is 215 g/mol. The van der Waals surface area contributed by atoms with Crippen LogP contribution in [0.25, 0.3) is 17.3 Å². The van der Waals surface area contributed by atoms with Gasteiger partial charge in [-0.2, -0.15) is 0 Å². The van der Waals surface area contributed by atoms with E-state index in [1.165, 1.54) is 0 Å². The topological polar surface area (TPSA) is 12.9 Å². The molecule has 0 N–H and O–H groups in total. The lowest BCUT2D eigenvalue weighted by Gasteiger charge is -2.01. The minimum atomic E-state index is 0.735. The van der Waals surface area contributed by atoms with E-state index in [1.54, 1.807) is 12.3 Å². The second kappa shape index (κ2) is 4.28. The number of aromatic nitrogens is 1. The predicted octanol–water partition coefficient (Wildman–Crippen LogP) is 4.05. The van der Waals surface area contributed by atoms with E-state index in [9.17, 15) is 0 Å². The van der Waals surface area contributed by atoms with Crippen LogP contribution >= 0.6 is 11.6 Å². The Bertz CT molecular complexity index is 474. The molecule has 0 unspecified atom stereocenters. The van der Waals surface area contributed by atoms with Crippen molar-refractivity contribution < 1.29 is 0 Å². The Kier molecular flexibility index (Phi) is 2.84. The van der Waals surface area contributed by atoms with Crippen molar-refractivity contribution in [1.29, 1.82) is 0 Å². The average molecular weight is 216 g/mol. The summed E-state index contributed by atoms with van der Waals surface area (Å²) in [6.45, 7) is 3.73. The van der Waals surface area contributed by atoms with Crippen molar-refractivity contribution in [1.82, 2.24) is 4.98 Å². The van der Waals surface area contributed by atoms with Crippen LogP contribution in [0.15, 0.2) is 49.2 Å². The van der Waals surface area contributed by atoms with E-state index < -0.39 is 0 Å². The first kappa shape index (κ1) is 9.94. The van der Waals surface area contributed by atoms with Gasteiger partial charge in [0, 0.05) is 16.8 Å². The molecule has 15 heavy (non-hydrogen) atoms. The zero-order valence-corrected chi connectivity index (χ0v) is 8.91. The molecule has 1 aromatic heterocycles. The first-order valence-electron chi connectivity index (χ1n) is 4.64. The van der Waals surface area contributed by atoms with Gasteiger partial charge in [0.1, 0.15) is 0 Å². The standard InChI is InChI=1S/C13H10ClN/c1-2-10-7-8-15-13(9-10)11-3-5-12(14)6-4-11/h2-9H,1H2. The Morgan fingerprint density at radius 2 is 1.87 bits per heavy atom. The fourth-order valence-corrected chi connectivity index (χ4v) is 1.48. The maximum atomic E-state index is 5.82. The number of rotatable bonds is 2. The van der Waals surface area contributed by atoms with Crippen LogP contribution in [0, 0.1) is 0 Å². The van der Waals surface area contributed by atoms with Gasteiger partial charge in [-0.05, 0) is 29.8 Å². The van der Waals surface area contributed by atoms with Crippen molar-refractivity contribution in [2.24, 2.45) is 0 Å². The molecule has 0 saturated carbocycles. The summed E-state index contributed by atoms with van der Waals surface area (Å²) in [6, 6.07) is 11.6. The third-order valence-electron chi connectivity index (χ3n) is 2.16. The van der Waals surface area contributed by atoms with Gasteiger partial charge in [0.25, 0.3) is 0 Å². The van der Waals surface area contributed by atoms with Crippen LogP contribution in [0.5, 0.6) is 0 Å². The second-order valence-corrected chi connectivity index (χ2v) is 3.62. The average Bonchev–Trinajstić information content (AvgIpc) is 2.30. The summed E-state index contributed by atoms with van der Waals surface area (Å²) in [5.74, 6) is 0. The summed E-state index contributed by atoms with van der Waals surface area (Å²) < 4.78 is 0. The zero-order chi connectivity index (χ0) is 10.7. The molecule has 74 valence electrons. The second-order valence-electron chi connectivity index (χ2n) is 3.19.